The van der Waals surface area contributed by atoms with Crippen LogP contribution in [-0.4, -0.2) is 33.1 Å². The fraction of sp³-hybridized carbons (Fsp3) is 0.769. The number of hydrogen-bond donors (Lipinski definition) is 3. The second kappa shape index (κ2) is 9.08. The lowest BCUT2D eigenvalue weighted by Gasteiger charge is -2.43. The molecule has 3 N–H and O–H groups in total. The number of rotatable bonds is 7. The molecule has 1 saturated carbocycles. The molecule has 3 nitrogen and oxygen atoms in total. The Morgan fingerprint density at radius 1 is 1.24 bits per heavy atom. The summed E-state index contributed by atoms with van der Waals surface area (Å²) in [5.41, 5.74) is 2.32. The van der Waals surface area contributed by atoms with Gasteiger partial charge in [0.05, 0.1) is 17.8 Å². The monoisotopic (exact) mass is 402 g/mol. The molecule has 0 radical (unpaired) electrons. The summed E-state index contributed by atoms with van der Waals surface area (Å²) in [7, 11) is 0. The zero-order valence-corrected chi connectivity index (χ0v) is 18.9. The summed E-state index contributed by atoms with van der Waals surface area (Å²) in [5, 5.41) is 29.8. The average Bonchev–Trinajstić information content (AvgIpc) is 2.95. The first-order valence-electron chi connectivity index (χ1n) is 11.8. The summed E-state index contributed by atoms with van der Waals surface area (Å²) in [4.78, 5) is 0. The van der Waals surface area contributed by atoms with E-state index in [9.17, 15) is 15.3 Å². The number of aliphatic hydroxyl groups excluding tert-OH is 2. The van der Waals surface area contributed by atoms with Gasteiger partial charge in [-0.15, -0.1) is 0 Å². The molecule has 0 amide bonds. The molecule has 0 aromatic heterocycles. The van der Waals surface area contributed by atoms with E-state index in [4.69, 9.17) is 0 Å². The summed E-state index contributed by atoms with van der Waals surface area (Å²) >= 11 is 0. The molecule has 6 atom stereocenters. The van der Waals surface area contributed by atoms with Crippen molar-refractivity contribution in [3.63, 3.8) is 0 Å². The highest BCUT2D eigenvalue weighted by Crippen LogP contribution is 2.58. The third kappa shape index (κ3) is 5.62. The van der Waals surface area contributed by atoms with Crippen LogP contribution in [0.25, 0.3) is 0 Å². The van der Waals surface area contributed by atoms with Crippen LogP contribution in [0.2, 0.25) is 0 Å². The van der Waals surface area contributed by atoms with Gasteiger partial charge in [-0.05, 0) is 86.7 Å². The molecule has 0 aromatic carbocycles. The molecule has 3 aliphatic carbocycles. The van der Waals surface area contributed by atoms with Crippen LogP contribution in [0, 0.1) is 23.2 Å². The molecule has 3 heteroatoms. The molecule has 0 heterocycles. The maximum absolute atomic E-state index is 10.0. The van der Waals surface area contributed by atoms with Gasteiger partial charge in [-0.25, -0.2) is 0 Å². The van der Waals surface area contributed by atoms with Gasteiger partial charge in [0.25, 0.3) is 0 Å². The van der Waals surface area contributed by atoms with E-state index < -0.39 is 17.8 Å². The van der Waals surface area contributed by atoms with Gasteiger partial charge in [-0.1, -0.05) is 51.0 Å². The van der Waals surface area contributed by atoms with Gasteiger partial charge in [0, 0.05) is 6.42 Å². The van der Waals surface area contributed by atoms with Gasteiger partial charge in [-0.3, -0.25) is 0 Å². The van der Waals surface area contributed by atoms with Crippen LogP contribution in [0.1, 0.15) is 85.5 Å². The fourth-order valence-corrected chi connectivity index (χ4v) is 6.38. The molecule has 3 rings (SSSR count). The van der Waals surface area contributed by atoms with E-state index in [1.165, 1.54) is 31.3 Å². The minimum absolute atomic E-state index is 0.364. The predicted molar refractivity (Wildman–Crippen MR) is 119 cm³/mol. The highest BCUT2D eigenvalue weighted by atomic mass is 16.3. The fourth-order valence-electron chi connectivity index (χ4n) is 6.38. The van der Waals surface area contributed by atoms with E-state index in [0.29, 0.717) is 30.1 Å². The van der Waals surface area contributed by atoms with Crippen molar-refractivity contribution in [2.45, 2.75) is 103 Å². The summed E-state index contributed by atoms with van der Waals surface area (Å²) < 4.78 is 0. The molecular weight excluding hydrogens is 360 g/mol. The Morgan fingerprint density at radius 2 is 2.00 bits per heavy atom. The van der Waals surface area contributed by atoms with Crippen molar-refractivity contribution >= 4 is 0 Å². The smallest absolute Gasteiger partial charge is 0.0751 e. The number of hydrogen-bond acceptors (Lipinski definition) is 3. The van der Waals surface area contributed by atoms with Crippen molar-refractivity contribution < 1.29 is 15.3 Å². The lowest BCUT2D eigenvalue weighted by atomic mass is 9.62. The second-order valence-electron chi connectivity index (χ2n) is 10.9. The maximum Gasteiger partial charge on any atom is 0.0751 e. The maximum atomic E-state index is 10.0. The van der Waals surface area contributed by atoms with Gasteiger partial charge in [-0.2, -0.15) is 0 Å². The van der Waals surface area contributed by atoms with Gasteiger partial charge in [0.1, 0.15) is 0 Å². The topological polar surface area (TPSA) is 60.7 Å². The summed E-state index contributed by atoms with van der Waals surface area (Å²) in [6.07, 6.45) is 17.0. The Kier molecular flexibility index (Phi) is 7.13. The second-order valence-corrected chi connectivity index (χ2v) is 10.9. The Balaban J connectivity index is 1.65. The van der Waals surface area contributed by atoms with Gasteiger partial charge < -0.3 is 15.3 Å². The van der Waals surface area contributed by atoms with Crippen LogP contribution >= 0.6 is 0 Å². The highest BCUT2D eigenvalue weighted by Gasteiger charge is 2.49. The van der Waals surface area contributed by atoms with Crippen LogP contribution in [0.4, 0.5) is 0 Å². The first kappa shape index (κ1) is 22.8. The third-order valence-corrected chi connectivity index (χ3v) is 7.89. The van der Waals surface area contributed by atoms with E-state index in [1.54, 1.807) is 0 Å². The molecule has 0 bridgehead atoms. The summed E-state index contributed by atoms with van der Waals surface area (Å²) in [6.45, 7) is 8.76. The van der Waals surface area contributed by atoms with Crippen LogP contribution < -0.4 is 0 Å². The highest BCUT2D eigenvalue weighted by molar-refractivity contribution is 5.34. The van der Waals surface area contributed by atoms with E-state index >= 15 is 0 Å². The van der Waals surface area contributed by atoms with Crippen LogP contribution in [-0.2, 0) is 0 Å². The molecule has 0 aliphatic heterocycles. The Morgan fingerprint density at radius 3 is 2.69 bits per heavy atom. The van der Waals surface area contributed by atoms with Gasteiger partial charge in [0.2, 0.25) is 0 Å². The SMILES string of the molecule is C[C@H](CCCC(C)(C)O)[C@H]1CC[C@H]2C(/C=C\C3=C[C@@H](O)C[C@H](O)C3)=CCC[C@]12C. The Labute approximate surface area is 177 Å². The van der Waals surface area contributed by atoms with Crippen molar-refractivity contribution in [2.75, 3.05) is 0 Å². The number of aliphatic hydroxyl groups is 3. The van der Waals surface area contributed by atoms with E-state index in [2.05, 4.69) is 32.1 Å². The summed E-state index contributed by atoms with van der Waals surface area (Å²) in [5.74, 6) is 2.07. The molecule has 29 heavy (non-hydrogen) atoms. The molecule has 1 fully saturated rings. The first-order valence-corrected chi connectivity index (χ1v) is 11.8. The van der Waals surface area contributed by atoms with Gasteiger partial charge in [0.15, 0.2) is 0 Å². The molecule has 0 spiro atoms. The Bertz CT molecular complexity index is 653. The lowest BCUT2D eigenvalue weighted by molar-refractivity contribution is 0.0613. The van der Waals surface area contributed by atoms with E-state index in [1.807, 2.05) is 19.9 Å². The predicted octanol–water partition coefficient (Wildman–Crippen LogP) is 5.31. The molecule has 0 unspecified atom stereocenters. The van der Waals surface area contributed by atoms with Gasteiger partial charge >= 0.3 is 0 Å². The van der Waals surface area contributed by atoms with Crippen molar-refractivity contribution in [3.05, 3.63) is 35.5 Å². The van der Waals surface area contributed by atoms with Crippen LogP contribution in [0.3, 0.4) is 0 Å². The van der Waals surface area contributed by atoms with Crippen molar-refractivity contribution in [1.29, 1.82) is 0 Å². The first-order chi connectivity index (χ1) is 13.6. The zero-order chi connectivity index (χ0) is 21.2. The quantitative estimate of drug-likeness (QED) is 0.540. The van der Waals surface area contributed by atoms with Crippen molar-refractivity contribution in [2.24, 2.45) is 23.2 Å². The zero-order valence-electron chi connectivity index (χ0n) is 18.9. The van der Waals surface area contributed by atoms with Crippen molar-refractivity contribution in [1.82, 2.24) is 0 Å². The normalized spacial score (nSPS) is 36.7. The largest absolute Gasteiger partial charge is 0.393 e. The summed E-state index contributed by atoms with van der Waals surface area (Å²) in [6, 6.07) is 0. The average molecular weight is 403 g/mol. The Hall–Kier alpha value is -0.900. The molecule has 0 aromatic rings. The molecule has 3 aliphatic rings. The third-order valence-electron chi connectivity index (χ3n) is 7.89. The lowest BCUT2D eigenvalue weighted by Crippen LogP contribution is -2.35. The van der Waals surface area contributed by atoms with Crippen LogP contribution in [0.15, 0.2) is 35.5 Å². The van der Waals surface area contributed by atoms with E-state index in [-0.39, 0.29) is 0 Å². The number of fused-ring (bicyclic) bond motifs is 1. The minimum atomic E-state index is -0.553. The minimum Gasteiger partial charge on any atom is -0.393 e. The number of allylic oxidation sites excluding steroid dienone is 4. The molecular formula is C26H42O3. The van der Waals surface area contributed by atoms with Crippen molar-refractivity contribution in [3.8, 4) is 0 Å². The molecule has 164 valence electrons. The standard InChI is InChI=1S/C26H42O3/c1-18(7-5-13-25(2,3)29)23-11-12-24-20(8-6-14-26(23,24)4)10-9-19-15-21(27)17-22(28)16-19/h8-10,15,18,21-24,27-29H,5-7,11-14,16-17H2,1-4H3/b10-9-/t18-,21-,22-,23-,24+,26-/m1/s1. The molecule has 0 saturated heterocycles. The van der Waals surface area contributed by atoms with Crippen LogP contribution in [0.5, 0.6) is 0 Å². The van der Waals surface area contributed by atoms with E-state index in [0.717, 1.165) is 30.8 Å².